The zero-order valence-electron chi connectivity index (χ0n) is 28.5. The molecule has 4 atom stereocenters. The van der Waals surface area contributed by atoms with Gasteiger partial charge in [-0.15, -0.1) is 0 Å². The number of aryl methyl sites for hydroxylation is 1. The molecule has 48 heavy (non-hydrogen) atoms. The summed E-state index contributed by atoms with van der Waals surface area (Å²) in [4.78, 5) is 43.8. The maximum Gasteiger partial charge on any atom is 0.305 e. The van der Waals surface area contributed by atoms with Crippen LogP contribution in [0.15, 0.2) is 66.7 Å². The van der Waals surface area contributed by atoms with E-state index in [2.05, 4.69) is 38.2 Å². The van der Waals surface area contributed by atoms with E-state index in [-0.39, 0.29) is 48.4 Å². The zero-order chi connectivity index (χ0) is 34.2. The summed E-state index contributed by atoms with van der Waals surface area (Å²) in [6.07, 6.45) is 2.61. The zero-order valence-corrected chi connectivity index (χ0v) is 29.5. The van der Waals surface area contributed by atoms with Crippen LogP contribution in [0, 0.1) is 5.92 Å². The molecule has 0 aromatic heterocycles. The van der Waals surface area contributed by atoms with E-state index in [0.717, 1.165) is 28.3 Å². The molecule has 3 aliphatic rings. The molecule has 3 aromatic rings. The molecule has 9 nitrogen and oxygen atoms in total. The Labute approximate surface area is 283 Å². The van der Waals surface area contributed by atoms with Gasteiger partial charge in [-0.1, -0.05) is 55.5 Å². The molecule has 10 heteroatoms. The second-order valence-corrected chi connectivity index (χ2v) is 18.4. The summed E-state index contributed by atoms with van der Waals surface area (Å²) in [5, 5.41) is 11.5. The van der Waals surface area contributed by atoms with Crippen LogP contribution in [-0.4, -0.2) is 64.4 Å². The molecule has 3 aliphatic heterocycles. The van der Waals surface area contributed by atoms with E-state index in [4.69, 9.17) is 14.2 Å². The molecule has 254 valence electrons. The Kier molecular flexibility index (Phi) is 9.52. The highest BCUT2D eigenvalue weighted by Crippen LogP contribution is 2.60. The summed E-state index contributed by atoms with van der Waals surface area (Å²) >= 11 is 0. The van der Waals surface area contributed by atoms with Gasteiger partial charge in [0.2, 0.25) is 5.91 Å². The van der Waals surface area contributed by atoms with Crippen LogP contribution in [0.3, 0.4) is 0 Å². The van der Waals surface area contributed by atoms with Gasteiger partial charge in [0.1, 0.15) is 5.75 Å². The summed E-state index contributed by atoms with van der Waals surface area (Å²) in [5.41, 5.74) is 2.89. The lowest BCUT2D eigenvalue weighted by molar-refractivity contribution is -0.146. The van der Waals surface area contributed by atoms with Gasteiger partial charge in [-0.05, 0) is 73.2 Å². The van der Waals surface area contributed by atoms with E-state index in [1.807, 2.05) is 48.5 Å². The molecule has 0 bridgehead atoms. The van der Waals surface area contributed by atoms with Gasteiger partial charge >= 0.3 is 5.97 Å². The monoisotopic (exact) mass is 670 g/mol. The Balaban J connectivity index is 1.45. The number of benzene rings is 3. The maximum atomic E-state index is 14.9. The number of unbranched alkanes of at least 4 members (excludes halogenated alkanes) is 1. The van der Waals surface area contributed by atoms with Gasteiger partial charge in [0.15, 0.2) is 5.60 Å². The average molecular weight is 671 g/mol. The lowest BCUT2D eigenvalue weighted by Gasteiger charge is -2.37. The summed E-state index contributed by atoms with van der Waals surface area (Å²) in [6.45, 7) is 7.10. The molecule has 0 radical (unpaired) electrons. The molecule has 0 saturated carbocycles. The molecule has 1 N–H and O–H groups in total. The average Bonchev–Trinajstić information content (AvgIpc) is 3.52. The van der Waals surface area contributed by atoms with Crippen LogP contribution in [0.2, 0.25) is 18.6 Å². The fraction of sp³-hybridized carbons (Fsp3) is 0.447. The molecule has 6 rings (SSSR count). The minimum absolute atomic E-state index is 0.00452. The smallest absolute Gasteiger partial charge is 0.305 e. The number of carbonyl (C=O) groups excluding carboxylic acids is 3. The third-order valence-electron chi connectivity index (χ3n) is 10.8. The Morgan fingerprint density at radius 3 is 2.46 bits per heavy atom. The van der Waals surface area contributed by atoms with Crippen LogP contribution in [0.4, 0.5) is 17.1 Å². The van der Waals surface area contributed by atoms with Crippen molar-refractivity contribution in [1.29, 1.82) is 0 Å². The van der Waals surface area contributed by atoms with Crippen molar-refractivity contribution < 1.29 is 33.7 Å². The lowest BCUT2D eigenvalue weighted by atomic mass is 9.82. The number of ether oxygens (including phenoxy) is 3. The predicted molar refractivity (Wildman–Crippen MR) is 188 cm³/mol. The fourth-order valence-electron chi connectivity index (χ4n) is 8.41. The highest BCUT2D eigenvalue weighted by Gasteiger charge is 2.66. The third kappa shape index (κ3) is 5.63. The predicted octanol–water partition coefficient (Wildman–Crippen LogP) is 5.59. The molecule has 2 amide bonds. The van der Waals surface area contributed by atoms with Gasteiger partial charge in [0.25, 0.3) is 5.91 Å². The Bertz CT molecular complexity index is 1690. The number of carbonyl (C=O) groups is 3. The number of amides is 2. The minimum atomic E-state index is -2.34. The van der Waals surface area contributed by atoms with Gasteiger partial charge in [-0.25, -0.2) is 0 Å². The van der Waals surface area contributed by atoms with Crippen LogP contribution < -0.4 is 19.7 Å². The number of nitrogens with zero attached hydrogens (tertiary/aromatic N) is 2. The first-order valence-electron chi connectivity index (χ1n) is 17.0. The molecule has 0 unspecified atom stereocenters. The van der Waals surface area contributed by atoms with Crippen molar-refractivity contribution >= 4 is 48.1 Å². The maximum absolute atomic E-state index is 14.9. The van der Waals surface area contributed by atoms with Gasteiger partial charge in [-0.2, -0.15) is 0 Å². The van der Waals surface area contributed by atoms with E-state index < -0.39 is 13.7 Å². The lowest BCUT2D eigenvalue weighted by Crippen LogP contribution is -2.52. The topological polar surface area (TPSA) is 106 Å². The number of hydrogen-bond donors (Lipinski definition) is 1. The number of rotatable bonds is 11. The number of hydrogen-bond acceptors (Lipinski definition) is 7. The van der Waals surface area contributed by atoms with Crippen molar-refractivity contribution in [3.63, 3.8) is 0 Å². The van der Waals surface area contributed by atoms with E-state index in [0.29, 0.717) is 44.3 Å². The van der Waals surface area contributed by atoms with Crippen LogP contribution in [-0.2, 0) is 35.9 Å². The molecule has 3 heterocycles. The van der Waals surface area contributed by atoms with E-state index in [1.165, 1.54) is 12.3 Å². The number of para-hydroxylation sites is 1. The van der Waals surface area contributed by atoms with Crippen molar-refractivity contribution in [1.82, 2.24) is 0 Å². The van der Waals surface area contributed by atoms with Crippen LogP contribution >= 0.6 is 0 Å². The summed E-state index contributed by atoms with van der Waals surface area (Å²) < 4.78 is 17.3. The van der Waals surface area contributed by atoms with E-state index >= 15 is 0 Å². The highest BCUT2D eigenvalue weighted by atomic mass is 28.3. The largest absolute Gasteiger partial charge is 0.497 e. The second kappa shape index (κ2) is 13.5. The number of esters is 1. The van der Waals surface area contributed by atoms with Crippen LogP contribution in [0.1, 0.15) is 50.2 Å². The Morgan fingerprint density at radius 1 is 1.00 bits per heavy atom. The molecule has 1 saturated heterocycles. The van der Waals surface area contributed by atoms with Gasteiger partial charge in [0, 0.05) is 43.2 Å². The quantitative estimate of drug-likeness (QED) is 0.161. The van der Waals surface area contributed by atoms with E-state index in [9.17, 15) is 19.5 Å². The van der Waals surface area contributed by atoms with Gasteiger partial charge in [0.05, 0.1) is 39.8 Å². The molecule has 1 fully saturated rings. The fourth-order valence-corrected chi connectivity index (χ4v) is 12.5. The number of anilines is 3. The second-order valence-electron chi connectivity index (χ2n) is 13.7. The number of fused-ring (bicyclic) bond motifs is 3. The summed E-state index contributed by atoms with van der Waals surface area (Å²) in [5.74, 6) is 0.158. The van der Waals surface area contributed by atoms with Crippen molar-refractivity contribution in [3.8, 4) is 5.75 Å². The minimum Gasteiger partial charge on any atom is -0.497 e. The summed E-state index contributed by atoms with van der Waals surface area (Å²) in [7, 11) is 0.690. The van der Waals surface area contributed by atoms with E-state index in [1.54, 1.807) is 16.9 Å². The molecule has 1 spiro atoms. The molecular weight excluding hydrogens is 625 g/mol. The SMILES string of the molecule is COC(=O)CCCCN1C(=O)[C@@]2(O[C@@H](CCO)[C@H]([Si](C)(C)c3ccc(OC)cc3)[C@H]2C)c2cc(N3C(=O)CCc4ccccc43)ccc21. The van der Waals surface area contributed by atoms with Crippen LogP contribution in [0.5, 0.6) is 5.75 Å². The first kappa shape index (κ1) is 33.9. The Morgan fingerprint density at radius 2 is 1.75 bits per heavy atom. The van der Waals surface area contributed by atoms with Crippen LogP contribution in [0.25, 0.3) is 0 Å². The summed E-state index contributed by atoms with van der Waals surface area (Å²) in [6, 6.07) is 22.0. The number of methoxy groups -OCH3 is 2. The number of aliphatic hydroxyl groups excluding tert-OH is 1. The Hall–Kier alpha value is -3.99. The third-order valence-corrected chi connectivity index (χ3v) is 15.2. The first-order chi connectivity index (χ1) is 23.1. The first-order valence-corrected chi connectivity index (χ1v) is 20.0. The number of aliphatic hydroxyl groups is 1. The molecule has 0 aliphatic carbocycles. The normalized spacial score (nSPS) is 23.4. The molecule has 3 aromatic carbocycles. The van der Waals surface area contributed by atoms with Crippen molar-refractivity contribution in [2.75, 3.05) is 37.2 Å². The van der Waals surface area contributed by atoms with Crippen molar-refractivity contribution in [2.45, 2.75) is 75.8 Å². The highest BCUT2D eigenvalue weighted by molar-refractivity contribution is 6.91. The van der Waals surface area contributed by atoms with Crippen molar-refractivity contribution in [2.24, 2.45) is 5.92 Å². The van der Waals surface area contributed by atoms with Crippen molar-refractivity contribution in [3.05, 3.63) is 77.9 Å². The molecular formula is C38H46N2O7Si. The van der Waals surface area contributed by atoms with Gasteiger partial charge < -0.3 is 24.2 Å². The van der Waals surface area contributed by atoms with Gasteiger partial charge in [-0.3, -0.25) is 19.3 Å². The standard InChI is InChI=1S/C38H46N2O7Si/c1-25-36(48(4,5)29-17-15-28(45-2)16-18-29)33(21-23-41)47-38(25)30-24-27(40-31-11-7-6-10-26(31)13-20-34(40)42)14-19-32(30)39(37(38)44)22-9-8-12-35(43)46-3/h6-7,10-11,14-19,24-25,33,36,41H,8-9,12-13,20-23H2,1-5H3/t25-,33+,36-,38+/m1/s1.